The molecule has 7 heteroatoms. The molecule has 2 rings (SSSR count). The number of carbonyl (C=O) groups excluding carboxylic acids is 1. The number of carbonyl (C=O) groups is 1. The number of aliphatic hydroxyl groups is 1. The summed E-state index contributed by atoms with van der Waals surface area (Å²) in [7, 11) is 1.83. The number of aryl methyl sites for hydroxylation is 1. The summed E-state index contributed by atoms with van der Waals surface area (Å²) in [5.74, 6) is 0.592. The lowest BCUT2D eigenvalue weighted by Crippen LogP contribution is -2.41. The molecule has 0 aromatic carbocycles. The van der Waals surface area contributed by atoms with Crippen molar-refractivity contribution in [3.8, 4) is 0 Å². The van der Waals surface area contributed by atoms with E-state index in [1.165, 1.54) is 0 Å². The molecule has 1 aliphatic heterocycles. The third-order valence-electron chi connectivity index (χ3n) is 2.92. The summed E-state index contributed by atoms with van der Waals surface area (Å²) in [6, 6.07) is -0.518. The van der Waals surface area contributed by atoms with Gasteiger partial charge >= 0.3 is 0 Å². The lowest BCUT2D eigenvalue weighted by Gasteiger charge is -2.16. The first-order valence-electron chi connectivity index (χ1n) is 5.63. The third-order valence-corrected chi connectivity index (χ3v) is 2.92. The van der Waals surface area contributed by atoms with Crippen LogP contribution in [0.25, 0.3) is 0 Å². The first-order chi connectivity index (χ1) is 8.08. The molecule has 0 bridgehead atoms. The lowest BCUT2D eigenvalue weighted by molar-refractivity contribution is -0.123. The molecule has 2 heterocycles. The van der Waals surface area contributed by atoms with Crippen molar-refractivity contribution in [2.75, 3.05) is 6.54 Å². The molecule has 0 saturated carbocycles. The van der Waals surface area contributed by atoms with Crippen LogP contribution < -0.4 is 10.6 Å². The highest BCUT2D eigenvalue weighted by Gasteiger charge is 2.29. The second-order valence-corrected chi connectivity index (χ2v) is 4.38. The molecule has 1 saturated heterocycles. The van der Waals surface area contributed by atoms with Gasteiger partial charge in [0.25, 0.3) is 0 Å². The fourth-order valence-corrected chi connectivity index (χ4v) is 1.98. The molecule has 1 aromatic heterocycles. The molecule has 1 amide bonds. The second kappa shape index (κ2) is 4.80. The second-order valence-electron chi connectivity index (χ2n) is 4.38. The Kier molecular flexibility index (Phi) is 3.39. The van der Waals surface area contributed by atoms with Crippen molar-refractivity contribution in [1.29, 1.82) is 0 Å². The van der Waals surface area contributed by atoms with Gasteiger partial charge in [-0.1, -0.05) is 0 Å². The van der Waals surface area contributed by atoms with Crippen LogP contribution in [0.4, 0.5) is 0 Å². The van der Waals surface area contributed by atoms with E-state index in [9.17, 15) is 9.90 Å². The zero-order chi connectivity index (χ0) is 12.4. The minimum atomic E-state index is -0.434. The van der Waals surface area contributed by atoms with Gasteiger partial charge in [0, 0.05) is 13.6 Å². The van der Waals surface area contributed by atoms with E-state index >= 15 is 0 Å². The molecule has 7 nitrogen and oxygen atoms in total. The van der Waals surface area contributed by atoms with Crippen molar-refractivity contribution in [3.05, 3.63) is 12.2 Å². The van der Waals surface area contributed by atoms with Gasteiger partial charge < -0.3 is 20.3 Å². The Morgan fingerprint density at radius 2 is 2.53 bits per heavy atom. The van der Waals surface area contributed by atoms with Crippen molar-refractivity contribution in [2.24, 2.45) is 7.05 Å². The number of amides is 1. The molecule has 0 spiro atoms. The average Bonchev–Trinajstić information content (AvgIpc) is 2.86. The molecule has 1 aromatic rings. The summed E-state index contributed by atoms with van der Waals surface area (Å²) in [6.45, 7) is 2.32. The number of aromatic nitrogens is 3. The molecule has 3 unspecified atom stereocenters. The Balaban J connectivity index is 1.93. The van der Waals surface area contributed by atoms with E-state index in [2.05, 4.69) is 20.8 Å². The Labute approximate surface area is 99.2 Å². The summed E-state index contributed by atoms with van der Waals surface area (Å²) < 4.78 is 1.77. The van der Waals surface area contributed by atoms with Gasteiger partial charge in [-0.2, -0.15) is 0 Å². The molecule has 1 fully saturated rings. The van der Waals surface area contributed by atoms with Gasteiger partial charge in [-0.3, -0.25) is 4.79 Å². The highest BCUT2D eigenvalue weighted by Crippen LogP contribution is 2.10. The van der Waals surface area contributed by atoms with Crippen LogP contribution in [0.2, 0.25) is 0 Å². The molecule has 3 N–H and O–H groups in total. The minimum absolute atomic E-state index is 0.114. The Morgan fingerprint density at radius 1 is 1.76 bits per heavy atom. The normalized spacial score (nSPS) is 25.8. The number of nitrogens with zero attached hydrogens (tertiary/aromatic N) is 3. The van der Waals surface area contributed by atoms with E-state index in [0.29, 0.717) is 18.8 Å². The maximum absolute atomic E-state index is 11.9. The summed E-state index contributed by atoms with van der Waals surface area (Å²) in [5.41, 5.74) is 0. The van der Waals surface area contributed by atoms with Crippen LogP contribution in [0, 0.1) is 0 Å². The standard InChI is InChI=1S/C10H17N5O2/c1-6(9-14-12-5-15(9)2)13-10(17)8-3-7(16)4-11-8/h5-8,11,16H,3-4H2,1-2H3,(H,13,17). The van der Waals surface area contributed by atoms with Crippen LogP contribution in [0.1, 0.15) is 25.2 Å². The van der Waals surface area contributed by atoms with Crippen molar-refractivity contribution < 1.29 is 9.90 Å². The minimum Gasteiger partial charge on any atom is -0.392 e. The third kappa shape index (κ3) is 2.62. The number of aliphatic hydroxyl groups excluding tert-OH is 1. The quantitative estimate of drug-likeness (QED) is 0.610. The van der Waals surface area contributed by atoms with Crippen molar-refractivity contribution in [3.63, 3.8) is 0 Å². The topological polar surface area (TPSA) is 92.1 Å². The van der Waals surface area contributed by atoms with Gasteiger partial charge in [0.15, 0.2) is 5.82 Å². The zero-order valence-electron chi connectivity index (χ0n) is 9.92. The summed E-state index contributed by atoms with van der Waals surface area (Å²) in [4.78, 5) is 11.9. The van der Waals surface area contributed by atoms with Crippen LogP contribution in [0.3, 0.4) is 0 Å². The maximum Gasteiger partial charge on any atom is 0.237 e. The molecule has 0 radical (unpaired) electrons. The van der Waals surface area contributed by atoms with Crippen molar-refractivity contribution >= 4 is 5.91 Å². The van der Waals surface area contributed by atoms with Gasteiger partial charge in [0.1, 0.15) is 6.33 Å². The first kappa shape index (κ1) is 12.0. The Bertz CT molecular complexity index is 405. The molecule has 1 aliphatic rings. The summed E-state index contributed by atoms with van der Waals surface area (Å²) in [6.07, 6.45) is 1.61. The fourth-order valence-electron chi connectivity index (χ4n) is 1.98. The first-order valence-corrected chi connectivity index (χ1v) is 5.63. The van der Waals surface area contributed by atoms with Crippen molar-refractivity contribution in [2.45, 2.75) is 31.5 Å². The number of hydrogen-bond donors (Lipinski definition) is 3. The zero-order valence-corrected chi connectivity index (χ0v) is 9.92. The van der Waals surface area contributed by atoms with Gasteiger partial charge in [0.2, 0.25) is 5.91 Å². The van der Waals surface area contributed by atoms with E-state index in [4.69, 9.17) is 0 Å². The van der Waals surface area contributed by atoms with Crippen molar-refractivity contribution in [1.82, 2.24) is 25.4 Å². The smallest absolute Gasteiger partial charge is 0.237 e. The van der Waals surface area contributed by atoms with E-state index < -0.39 is 6.10 Å². The SMILES string of the molecule is CC(NC(=O)C1CC(O)CN1)c1nncn1C. The van der Waals surface area contributed by atoms with E-state index in [1.54, 1.807) is 10.9 Å². The Hall–Kier alpha value is -1.47. The van der Waals surface area contributed by atoms with Gasteiger partial charge in [-0.05, 0) is 13.3 Å². The van der Waals surface area contributed by atoms with Crippen LogP contribution >= 0.6 is 0 Å². The highest BCUT2D eigenvalue weighted by atomic mass is 16.3. The maximum atomic E-state index is 11.9. The number of hydrogen-bond acceptors (Lipinski definition) is 5. The monoisotopic (exact) mass is 239 g/mol. The Morgan fingerprint density at radius 3 is 3.06 bits per heavy atom. The van der Waals surface area contributed by atoms with E-state index in [-0.39, 0.29) is 18.0 Å². The van der Waals surface area contributed by atoms with Crippen LogP contribution in [0.15, 0.2) is 6.33 Å². The molecule has 3 atom stereocenters. The van der Waals surface area contributed by atoms with Crippen LogP contribution in [-0.4, -0.2) is 44.5 Å². The van der Waals surface area contributed by atoms with E-state index in [1.807, 2.05) is 14.0 Å². The molecule has 17 heavy (non-hydrogen) atoms. The van der Waals surface area contributed by atoms with E-state index in [0.717, 1.165) is 0 Å². The molecule has 94 valence electrons. The van der Waals surface area contributed by atoms with Gasteiger partial charge in [-0.25, -0.2) is 0 Å². The van der Waals surface area contributed by atoms with Crippen LogP contribution in [0.5, 0.6) is 0 Å². The average molecular weight is 239 g/mol. The molecule has 0 aliphatic carbocycles. The number of rotatable bonds is 3. The lowest BCUT2D eigenvalue weighted by atomic mass is 10.2. The predicted molar refractivity (Wildman–Crippen MR) is 60.0 cm³/mol. The summed E-state index contributed by atoms with van der Waals surface area (Å²) in [5, 5.41) is 22.9. The van der Waals surface area contributed by atoms with Gasteiger partial charge in [0.05, 0.1) is 18.2 Å². The number of nitrogens with one attached hydrogen (secondary N) is 2. The summed E-state index contributed by atoms with van der Waals surface area (Å²) >= 11 is 0. The molecular weight excluding hydrogens is 222 g/mol. The van der Waals surface area contributed by atoms with Gasteiger partial charge in [-0.15, -0.1) is 10.2 Å². The fraction of sp³-hybridized carbons (Fsp3) is 0.700. The van der Waals surface area contributed by atoms with Crippen LogP contribution in [-0.2, 0) is 11.8 Å². The largest absolute Gasteiger partial charge is 0.392 e. The molecular formula is C10H17N5O2. The highest BCUT2D eigenvalue weighted by molar-refractivity contribution is 5.82. The number of β-amino-alcohol motifs (C(OH)–C–C–N with tert-alkyl or cyclic N) is 1. The predicted octanol–water partition coefficient (Wildman–Crippen LogP) is -1.28.